The molecule has 19 heavy (non-hydrogen) atoms. The maximum atomic E-state index is 3.80. The van der Waals surface area contributed by atoms with Crippen molar-refractivity contribution in [3.8, 4) is 0 Å². The molecule has 2 atom stereocenters. The molecule has 1 aliphatic carbocycles. The zero-order valence-corrected chi connectivity index (χ0v) is 13.8. The third-order valence-corrected chi connectivity index (χ3v) is 6.01. The van der Waals surface area contributed by atoms with Crippen molar-refractivity contribution < 1.29 is 0 Å². The summed E-state index contributed by atoms with van der Waals surface area (Å²) >= 11 is 0. The average Bonchev–Trinajstić information content (AvgIpc) is 2.33. The maximum absolute atomic E-state index is 3.80. The Morgan fingerprint density at radius 3 is 2.32 bits per heavy atom. The Kier molecular flexibility index (Phi) is 4.62. The summed E-state index contributed by atoms with van der Waals surface area (Å²) in [6.45, 7) is 15.6. The molecule has 0 aromatic heterocycles. The summed E-state index contributed by atoms with van der Waals surface area (Å²) in [6.07, 6.45) is 6.97. The molecule has 0 amide bonds. The highest BCUT2D eigenvalue weighted by Gasteiger charge is 2.42. The maximum Gasteiger partial charge on any atom is 0.0278 e. The Bertz CT molecular complexity index is 290. The Balaban J connectivity index is 2.07. The minimum atomic E-state index is 0.323. The Labute approximate surface area is 120 Å². The first-order valence-corrected chi connectivity index (χ1v) is 8.43. The topological polar surface area (TPSA) is 15.3 Å². The van der Waals surface area contributed by atoms with Crippen LogP contribution < -0.4 is 5.32 Å². The molecule has 0 spiro atoms. The van der Waals surface area contributed by atoms with Gasteiger partial charge in [0.05, 0.1) is 0 Å². The first kappa shape index (κ1) is 15.3. The molecule has 2 aliphatic rings. The van der Waals surface area contributed by atoms with Gasteiger partial charge in [0.2, 0.25) is 0 Å². The van der Waals surface area contributed by atoms with Gasteiger partial charge in [-0.3, -0.25) is 4.90 Å². The molecule has 0 bridgehead atoms. The largest absolute Gasteiger partial charge is 0.309 e. The molecule has 1 saturated carbocycles. The molecule has 2 fully saturated rings. The van der Waals surface area contributed by atoms with Crippen LogP contribution in [-0.2, 0) is 0 Å². The van der Waals surface area contributed by atoms with Gasteiger partial charge in [-0.15, -0.1) is 0 Å². The minimum Gasteiger partial charge on any atom is -0.309 e. The van der Waals surface area contributed by atoms with Gasteiger partial charge in [0.1, 0.15) is 0 Å². The Hall–Kier alpha value is -0.0800. The molecular weight excluding hydrogens is 232 g/mol. The number of rotatable bonds is 5. The minimum absolute atomic E-state index is 0.323. The molecule has 2 heteroatoms. The lowest BCUT2D eigenvalue weighted by molar-refractivity contribution is -0.00924. The van der Waals surface area contributed by atoms with Crippen molar-refractivity contribution in [3.05, 3.63) is 0 Å². The van der Waals surface area contributed by atoms with Gasteiger partial charge >= 0.3 is 0 Å². The van der Waals surface area contributed by atoms with E-state index in [0.29, 0.717) is 11.0 Å². The van der Waals surface area contributed by atoms with Crippen LogP contribution in [0.4, 0.5) is 0 Å². The van der Waals surface area contributed by atoms with E-state index in [1.807, 2.05) is 0 Å². The summed E-state index contributed by atoms with van der Waals surface area (Å²) in [5.74, 6) is 0.753. The molecule has 2 rings (SSSR count). The lowest BCUT2D eigenvalue weighted by atomic mass is 9.66. The quantitative estimate of drug-likeness (QED) is 0.817. The van der Waals surface area contributed by atoms with E-state index in [0.717, 1.165) is 12.0 Å². The Morgan fingerprint density at radius 2 is 1.89 bits per heavy atom. The molecule has 0 radical (unpaired) electrons. The van der Waals surface area contributed by atoms with E-state index in [1.54, 1.807) is 0 Å². The van der Waals surface area contributed by atoms with Crippen molar-refractivity contribution in [2.45, 2.75) is 78.3 Å². The van der Waals surface area contributed by atoms with Gasteiger partial charge < -0.3 is 5.32 Å². The summed E-state index contributed by atoms with van der Waals surface area (Å²) in [6, 6.07) is 0.726. The molecule has 112 valence electrons. The van der Waals surface area contributed by atoms with Crippen molar-refractivity contribution >= 4 is 0 Å². The predicted octanol–water partition coefficient (Wildman–Crippen LogP) is 3.67. The van der Waals surface area contributed by atoms with E-state index >= 15 is 0 Å². The summed E-state index contributed by atoms with van der Waals surface area (Å²) in [5, 5.41) is 3.80. The fourth-order valence-corrected chi connectivity index (χ4v) is 3.90. The SMILES string of the molecule is CCC1(CN2CC(C)(CC)NCC2C(C)C)CCC1. The van der Waals surface area contributed by atoms with Crippen molar-refractivity contribution in [1.82, 2.24) is 10.2 Å². The molecular formula is C17H34N2. The monoisotopic (exact) mass is 266 g/mol. The van der Waals surface area contributed by atoms with Crippen molar-refractivity contribution in [2.24, 2.45) is 11.3 Å². The van der Waals surface area contributed by atoms with Crippen LogP contribution >= 0.6 is 0 Å². The molecule has 1 N–H and O–H groups in total. The van der Waals surface area contributed by atoms with Crippen LogP contribution in [0.15, 0.2) is 0 Å². The lowest BCUT2D eigenvalue weighted by Gasteiger charge is -2.53. The third kappa shape index (κ3) is 3.16. The fourth-order valence-electron chi connectivity index (χ4n) is 3.90. The Morgan fingerprint density at radius 1 is 1.21 bits per heavy atom. The highest BCUT2D eigenvalue weighted by atomic mass is 15.3. The van der Waals surface area contributed by atoms with Gasteiger partial charge in [0.15, 0.2) is 0 Å². The van der Waals surface area contributed by atoms with Gasteiger partial charge in [-0.2, -0.15) is 0 Å². The summed E-state index contributed by atoms with van der Waals surface area (Å²) < 4.78 is 0. The van der Waals surface area contributed by atoms with E-state index in [2.05, 4.69) is 44.8 Å². The summed E-state index contributed by atoms with van der Waals surface area (Å²) in [7, 11) is 0. The van der Waals surface area contributed by atoms with Gasteiger partial charge in [-0.05, 0) is 43.9 Å². The second-order valence-corrected chi connectivity index (χ2v) is 7.72. The molecule has 2 nitrogen and oxygen atoms in total. The van der Waals surface area contributed by atoms with Crippen molar-refractivity contribution in [2.75, 3.05) is 19.6 Å². The second-order valence-electron chi connectivity index (χ2n) is 7.72. The smallest absolute Gasteiger partial charge is 0.0278 e. The molecule has 1 saturated heterocycles. The molecule has 2 unspecified atom stereocenters. The van der Waals surface area contributed by atoms with Crippen LogP contribution in [0.5, 0.6) is 0 Å². The highest BCUT2D eigenvalue weighted by molar-refractivity contribution is 4.99. The van der Waals surface area contributed by atoms with Crippen LogP contribution in [0, 0.1) is 11.3 Å². The zero-order valence-electron chi connectivity index (χ0n) is 13.8. The first-order chi connectivity index (χ1) is 8.94. The summed E-state index contributed by atoms with van der Waals surface area (Å²) in [5.41, 5.74) is 0.975. The van der Waals surface area contributed by atoms with Gasteiger partial charge in [-0.1, -0.05) is 34.1 Å². The predicted molar refractivity (Wildman–Crippen MR) is 83.5 cm³/mol. The highest BCUT2D eigenvalue weighted by Crippen LogP contribution is 2.45. The normalized spacial score (nSPS) is 35.4. The van der Waals surface area contributed by atoms with Gasteiger partial charge in [-0.25, -0.2) is 0 Å². The van der Waals surface area contributed by atoms with Gasteiger partial charge in [0, 0.05) is 31.2 Å². The standard InChI is InChI=1S/C17H34N2/c1-6-16(5)12-19(15(11-18-16)14(3)4)13-17(7-2)9-8-10-17/h14-15,18H,6-13H2,1-5H3. The third-order valence-electron chi connectivity index (χ3n) is 6.01. The van der Waals surface area contributed by atoms with E-state index in [4.69, 9.17) is 0 Å². The van der Waals surface area contributed by atoms with E-state index in [-0.39, 0.29) is 0 Å². The number of nitrogens with one attached hydrogen (secondary N) is 1. The van der Waals surface area contributed by atoms with Crippen LogP contribution in [0.2, 0.25) is 0 Å². The second kappa shape index (κ2) is 5.73. The number of nitrogens with zero attached hydrogens (tertiary/aromatic N) is 1. The van der Waals surface area contributed by atoms with Gasteiger partial charge in [0.25, 0.3) is 0 Å². The summed E-state index contributed by atoms with van der Waals surface area (Å²) in [4.78, 5) is 2.83. The lowest BCUT2D eigenvalue weighted by Crippen LogP contribution is -2.65. The first-order valence-electron chi connectivity index (χ1n) is 8.43. The molecule has 1 aliphatic heterocycles. The van der Waals surface area contributed by atoms with Crippen molar-refractivity contribution in [1.29, 1.82) is 0 Å². The molecule has 0 aromatic rings. The molecule has 0 aromatic carbocycles. The van der Waals surface area contributed by atoms with E-state index in [1.165, 1.54) is 51.7 Å². The number of piperazine rings is 1. The van der Waals surface area contributed by atoms with Crippen LogP contribution in [0.25, 0.3) is 0 Å². The van der Waals surface area contributed by atoms with E-state index in [9.17, 15) is 0 Å². The number of hydrogen-bond acceptors (Lipinski definition) is 2. The fraction of sp³-hybridized carbons (Fsp3) is 1.00. The van der Waals surface area contributed by atoms with Crippen LogP contribution in [0.3, 0.4) is 0 Å². The van der Waals surface area contributed by atoms with Crippen LogP contribution in [0.1, 0.15) is 66.7 Å². The zero-order chi connectivity index (χ0) is 14.1. The molecule has 1 heterocycles. The average molecular weight is 266 g/mol. The number of hydrogen-bond donors (Lipinski definition) is 1. The van der Waals surface area contributed by atoms with E-state index < -0.39 is 0 Å². The van der Waals surface area contributed by atoms with Crippen molar-refractivity contribution in [3.63, 3.8) is 0 Å². The van der Waals surface area contributed by atoms with Crippen LogP contribution in [-0.4, -0.2) is 36.1 Å².